The molecule has 0 radical (unpaired) electrons. The van der Waals surface area contributed by atoms with Crippen LogP contribution in [-0.4, -0.2) is 23.9 Å². The van der Waals surface area contributed by atoms with Crippen LogP contribution in [-0.2, 0) is 4.79 Å². The highest BCUT2D eigenvalue weighted by Crippen LogP contribution is 2.13. The van der Waals surface area contributed by atoms with Crippen LogP contribution < -0.4 is 0 Å². The predicted molar refractivity (Wildman–Crippen MR) is 115 cm³/mol. The van der Waals surface area contributed by atoms with Crippen molar-refractivity contribution in [1.29, 1.82) is 0 Å². The van der Waals surface area contributed by atoms with Crippen LogP contribution in [0.3, 0.4) is 0 Å². The first-order valence-electron chi connectivity index (χ1n) is 11.8. The lowest BCUT2D eigenvalue weighted by Gasteiger charge is -2.20. The molecule has 0 aromatic carbocycles. The lowest BCUT2D eigenvalue weighted by Crippen LogP contribution is -2.31. The Morgan fingerprint density at radius 3 is 1.96 bits per heavy atom. The smallest absolute Gasteiger partial charge is 0.222 e. The zero-order chi connectivity index (χ0) is 18.7. The van der Waals surface area contributed by atoms with E-state index in [0.717, 1.165) is 25.9 Å². The van der Waals surface area contributed by atoms with Gasteiger partial charge >= 0.3 is 0 Å². The second-order valence-electron chi connectivity index (χ2n) is 8.13. The number of likely N-dealkylation sites (tertiary alicyclic amines) is 1. The molecule has 0 N–H and O–H groups in total. The van der Waals surface area contributed by atoms with E-state index in [1.54, 1.807) is 0 Å². The topological polar surface area (TPSA) is 20.3 Å². The standard InChI is InChI=1S/C24H45NO/c1-2-3-4-5-6-7-8-9-10-11-12-13-14-15-16-19-22-25-23-20-17-18-21-24(25)26/h9-10H,2-8,11-23H2,1H3/b10-9-. The van der Waals surface area contributed by atoms with Gasteiger partial charge in [-0.25, -0.2) is 0 Å². The fourth-order valence-electron chi connectivity index (χ4n) is 3.83. The highest BCUT2D eigenvalue weighted by Gasteiger charge is 2.15. The van der Waals surface area contributed by atoms with Crippen LogP contribution in [0, 0.1) is 0 Å². The van der Waals surface area contributed by atoms with E-state index in [-0.39, 0.29) is 0 Å². The van der Waals surface area contributed by atoms with Gasteiger partial charge in [0.2, 0.25) is 5.91 Å². The zero-order valence-electron chi connectivity index (χ0n) is 17.7. The van der Waals surface area contributed by atoms with Crippen LogP contribution in [0.4, 0.5) is 0 Å². The molecule has 0 atom stereocenters. The van der Waals surface area contributed by atoms with Gasteiger partial charge < -0.3 is 4.90 Å². The summed E-state index contributed by atoms with van der Waals surface area (Å²) in [5, 5.41) is 0. The average molecular weight is 364 g/mol. The number of amides is 1. The molecule has 1 rings (SSSR count). The molecular weight excluding hydrogens is 318 g/mol. The van der Waals surface area contributed by atoms with Gasteiger partial charge in [-0.3, -0.25) is 4.79 Å². The van der Waals surface area contributed by atoms with Gasteiger partial charge in [0.05, 0.1) is 0 Å². The maximum atomic E-state index is 11.9. The Morgan fingerprint density at radius 1 is 0.731 bits per heavy atom. The van der Waals surface area contributed by atoms with Crippen LogP contribution in [0.15, 0.2) is 12.2 Å². The van der Waals surface area contributed by atoms with E-state index < -0.39 is 0 Å². The molecule has 1 heterocycles. The van der Waals surface area contributed by atoms with Crippen LogP contribution in [0.5, 0.6) is 0 Å². The molecular formula is C24H45NO. The number of hydrogen-bond acceptors (Lipinski definition) is 1. The number of unbranched alkanes of at least 4 members (excludes halogenated alkanes) is 12. The molecule has 0 aliphatic carbocycles. The average Bonchev–Trinajstić information content (AvgIpc) is 2.85. The van der Waals surface area contributed by atoms with E-state index in [2.05, 4.69) is 24.0 Å². The molecule has 0 unspecified atom stereocenters. The minimum atomic E-state index is 0.398. The van der Waals surface area contributed by atoms with Gasteiger partial charge in [-0.05, 0) is 44.9 Å². The Balaban J connectivity index is 1.80. The summed E-state index contributed by atoms with van der Waals surface area (Å²) in [5.41, 5.74) is 0. The molecule has 1 amide bonds. The Labute approximate surface area is 163 Å². The van der Waals surface area contributed by atoms with Crippen molar-refractivity contribution in [2.75, 3.05) is 13.1 Å². The lowest BCUT2D eigenvalue weighted by atomic mass is 10.1. The zero-order valence-corrected chi connectivity index (χ0v) is 17.7. The molecule has 152 valence electrons. The molecule has 2 nitrogen and oxygen atoms in total. The van der Waals surface area contributed by atoms with Crippen molar-refractivity contribution in [1.82, 2.24) is 4.90 Å². The summed E-state index contributed by atoms with van der Waals surface area (Å²) >= 11 is 0. The highest BCUT2D eigenvalue weighted by molar-refractivity contribution is 5.76. The normalized spacial score (nSPS) is 15.7. The van der Waals surface area contributed by atoms with Crippen molar-refractivity contribution in [3.63, 3.8) is 0 Å². The molecule has 0 aromatic rings. The summed E-state index contributed by atoms with van der Waals surface area (Å²) in [7, 11) is 0. The summed E-state index contributed by atoms with van der Waals surface area (Å²) in [6.07, 6.45) is 27.9. The van der Waals surface area contributed by atoms with Gasteiger partial charge in [-0.15, -0.1) is 0 Å². The molecule has 0 saturated carbocycles. The van der Waals surface area contributed by atoms with Crippen LogP contribution in [0.1, 0.15) is 122 Å². The predicted octanol–water partition coefficient (Wildman–Crippen LogP) is 7.43. The highest BCUT2D eigenvalue weighted by atomic mass is 16.2. The third kappa shape index (κ3) is 13.4. The second kappa shape index (κ2) is 17.6. The fraction of sp³-hybridized carbons (Fsp3) is 0.875. The van der Waals surface area contributed by atoms with Crippen molar-refractivity contribution >= 4 is 5.91 Å². The number of allylic oxidation sites excluding steroid dienone is 2. The van der Waals surface area contributed by atoms with E-state index in [9.17, 15) is 4.79 Å². The Hall–Kier alpha value is -0.790. The molecule has 1 aliphatic heterocycles. The first-order chi connectivity index (χ1) is 12.8. The van der Waals surface area contributed by atoms with Crippen LogP contribution in [0.2, 0.25) is 0 Å². The Bertz CT molecular complexity index is 350. The van der Waals surface area contributed by atoms with Gasteiger partial charge in [0.25, 0.3) is 0 Å². The van der Waals surface area contributed by atoms with Gasteiger partial charge in [-0.2, -0.15) is 0 Å². The molecule has 1 saturated heterocycles. The van der Waals surface area contributed by atoms with Crippen LogP contribution in [0.25, 0.3) is 0 Å². The number of carbonyl (C=O) groups excluding carboxylic acids is 1. The molecule has 1 aliphatic rings. The quantitative estimate of drug-likeness (QED) is 0.206. The Kier molecular flexibility index (Phi) is 15.8. The summed E-state index contributed by atoms with van der Waals surface area (Å²) in [6.45, 7) is 4.28. The van der Waals surface area contributed by atoms with E-state index in [4.69, 9.17) is 0 Å². The Morgan fingerprint density at radius 2 is 1.31 bits per heavy atom. The van der Waals surface area contributed by atoms with Gasteiger partial charge in [-0.1, -0.05) is 83.3 Å². The van der Waals surface area contributed by atoms with Crippen molar-refractivity contribution in [3.05, 3.63) is 12.2 Å². The molecule has 0 bridgehead atoms. The maximum Gasteiger partial charge on any atom is 0.222 e. The third-order valence-electron chi connectivity index (χ3n) is 5.61. The van der Waals surface area contributed by atoms with Crippen molar-refractivity contribution in [3.8, 4) is 0 Å². The third-order valence-corrected chi connectivity index (χ3v) is 5.61. The molecule has 0 spiro atoms. The summed E-state index contributed by atoms with van der Waals surface area (Å²) in [5.74, 6) is 0.398. The summed E-state index contributed by atoms with van der Waals surface area (Å²) in [6, 6.07) is 0. The van der Waals surface area contributed by atoms with Gasteiger partial charge in [0.1, 0.15) is 0 Å². The SMILES string of the molecule is CCCCCCCC/C=C\CCCCCCCCN1CCCCCC1=O. The number of carbonyl (C=O) groups is 1. The number of rotatable bonds is 16. The minimum Gasteiger partial charge on any atom is -0.343 e. The minimum absolute atomic E-state index is 0.398. The van der Waals surface area contributed by atoms with E-state index in [1.165, 1.54) is 103 Å². The lowest BCUT2D eigenvalue weighted by molar-refractivity contribution is -0.130. The summed E-state index contributed by atoms with van der Waals surface area (Å²) in [4.78, 5) is 14.0. The molecule has 2 heteroatoms. The largest absolute Gasteiger partial charge is 0.343 e. The van der Waals surface area contributed by atoms with Crippen molar-refractivity contribution in [2.45, 2.75) is 122 Å². The number of nitrogens with zero attached hydrogens (tertiary/aromatic N) is 1. The van der Waals surface area contributed by atoms with E-state index in [0.29, 0.717) is 5.91 Å². The fourth-order valence-corrected chi connectivity index (χ4v) is 3.83. The van der Waals surface area contributed by atoms with Crippen LogP contribution >= 0.6 is 0 Å². The van der Waals surface area contributed by atoms with Gasteiger partial charge in [0.15, 0.2) is 0 Å². The monoisotopic (exact) mass is 363 g/mol. The molecule has 26 heavy (non-hydrogen) atoms. The van der Waals surface area contributed by atoms with Gasteiger partial charge in [0, 0.05) is 19.5 Å². The molecule has 1 fully saturated rings. The number of hydrogen-bond donors (Lipinski definition) is 0. The van der Waals surface area contributed by atoms with Crippen molar-refractivity contribution < 1.29 is 4.79 Å². The van der Waals surface area contributed by atoms with E-state index >= 15 is 0 Å². The first kappa shape index (κ1) is 23.2. The van der Waals surface area contributed by atoms with Crippen molar-refractivity contribution in [2.24, 2.45) is 0 Å². The molecule has 0 aromatic heterocycles. The first-order valence-corrected chi connectivity index (χ1v) is 11.8. The maximum absolute atomic E-state index is 11.9. The van der Waals surface area contributed by atoms with E-state index in [1.807, 2.05) is 0 Å². The summed E-state index contributed by atoms with van der Waals surface area (Å²) < 4.78 is 0. The second-order valence-corrected chi connectivity index (χ2v) is 8.13.